The molecule has 0 aliphatic heterocycles. The van der Waals surface area contributed by atoms with Gasteiger partial charge in [0.15, 0.2) is 0 Å². The van der Waals surface area contributed by atoms with E-state index in [0.717, 1.165) is 17.4 Å². The van der Waals surface area contributed by atoms with Gasteiger partial charge in [-0.1, -0.05) is 17.7 Å². The minimum Gasteiger partial charge on any atom is -0.346 e. The third-order valence-electron chi connectivity index (χ3n) is 3.58. The summed E-state index contributed by atoms with van der Waals surface area (Å²) in [6, 6.07) is 9.48. The van der Waals surface area contributed by atoms with Crippen molar-refractivity contribution < 1.29 is 9.72 Å². The summed E-state index contributed by atoms with van der Waals surface area (Å²) in [4.78, 5) is 26.9. The Balaban J connectivity index is 1.78. The lowest BCUT2D eigenvalue weighted by Crippen LogP contribution is -2.23. The van der Waals surface area contributed by atoms with Crippen molar-refractivity contribution in [1.82, 2.24) is 14.7 Å². The van der Waals surface area contributed by atoms with Gasteiger partial charge in [0.2, 0.25) is 0 Å². The van der Waals surface area contributed by atoms with Crippen LogP contribution < -0.4 is 5.32 Å². The van der Waals surface area contributed by atoms with E-state index in [4.69, 9.17) is 11.6 Å². The van der Waals surface area contributed by atoms with E-state index in [-0.39, 0.29) is 22.8 Å². The van der Waals surface area contributed by atoms with Crippen LogP contribution in [0.4, 0.5) is 5.69 Å². The number of carbonyl (C=O) groups excluding carboxylic acids is 1. The molecule has 3 rings (SSSR count). The number of nitrogens with one attached hydrogen (secondary N) is 1. The smallest absolute Gasteiger partial charge is 0.270 e. The van der Waals surface area contributed by atoms with Gasteiger partial charge in [0.25, 0.3) is 11.6 Å². The quantitative estimate of drug-likeness (QED) is 0.581. The van der Waals surface area contributed by atoms with Crippen LogP contribution in [0.3, 0.4) is 0 Å². The second-order valence-corrected chi connectivity index (χ2v) is 5.64. The molecule has 0 unspecified atom stereocenters. The van der Waals surface area contributed by atoms with Crippen LogP contribution in [0.25, 0.3) is 5.65 Å². The highest BCUT2D eigenvalue weighted by Gasteiger charge is 2.16. The molecular weight excluding hydrogens is 332 g/mol. The monoisotopic (exact) mass is 344 g/mol. The highest BCUT2D eigenvalue weighted by atomic mass is 35.5. The van der Waals surface area contributed by atoms with Crippen LogP contribution in [0.15, 0.2) is 42.6 Å². The van der Waals surface area contributed by atoms with Gasteiger partial charge in [0.05, 0.1) is 27.7 Å². The van der Waals surface area contributed by atoms with Crippen molar-refractivity contribution in [2.45, 2.75) is 13.5 Å². The predicted octanol–water partition coefficient (Wildman–Crippen LogP) is 3.13. The molecule has 2 aromatic heterocycles. The van der Waals surface area contributed by atoms with Crippen LogP contribution in [0.1, 0.15) is 21.7 Å². The highest BCUT2D eigenvalue weighted by molar-refractivity contribution is 6.33. The Morgan fingerprint density at radius 1 is 1.38 bits per heavy atom. The maximum absolute atomic E-state index is 12.2. The number of hydrogen-bond acceptors (Lipinski definition) is 4. The van der Waals surface area contributed by atoms with Crippen LogP contribution in [-0.4, -0.2) is 20.2 Å². The van der Waals surface area contributed by atoms with E-state index in [1.165, 1.54) is 12.1 Å². The van der Waals surface area contributed by atoms with E-state index in [1.54, 1.807) is 0 Å². The predicted molar refractivity (Wildman–Crippen MR) is 89.2 cm³/mol. The van der Waals surface area contributed by atoms with Crippen molar-refractivity contribution >= 4 is 28.8 Å². The molecule has 2 heterocycles. The fraction of sp³-hybridized carbons (Fsp3) is 0.125. The summed E-state index contributed by atoms with van der Waals surface area (Å²) in [5.74, 6) is -0.488. The average molecular weight is 345 g/mol. The Hall–Kier alpha value is -2.93. The minimum atomic E-state index is -0.571. The fourth-order valence-electron chi connectivity index (χ4n) is 2.35. The maximum Gasteiger partial charge on any atom is 0.270 e. The number of pyridine rings is 1. The zero-order valence-electron chi connectivity index (χ0n) is 12.7. The molecule has 1 aromatic carbocycles. The highest BCUT2D eigenvalue weighted by Crippen LogP contribution is 2.22. The summed E-state index contributed by atoms with van der Waals surface area (Å²) in [5.41, 5.74) is 2.37. The number of nitro groups is 1. The summed E-state index contributed by atoms with van der Waals surface area (Å²) in [5, 5.41) is 13.7. The van der Waals surface area contributed by atoms with Gasteiger partial charge < -0.3 is 9.72 Å². The normalized spacial score (nSPS) is 10.8. The molecule has 7 nitrogen and oxygen atoms in total. The van der Waals surface area contributed by atoms with Crippen LogP contribution >= 0.6 is 11.6 Å². The summed E-state index contributed by atoms with van der Waals surface area (Å²) >= 11 is 5.96. The Kier molecular flexibility index (Phi) is 4.18. The number of aryl methyl sites for hydroxylation is 1. The minimum absolute atomic E-state index is 0.0609. The van der Waals surface area contributed by atoms with Gasteiger partial charge in [0.1, 0.15) is 5.65 Å². The topological polar surface area (TPSA) is 89.5 Å². The molecular formula is C16H13ClN4O3. The molecule has 0 saturated carbocycles. The Morgan fingerprint density at radius 3 is 2.88 bits per heavy atom. The average Bonchev–Trinajstić information content (AvgIpc) is 2.97. The number of amides is 1. The summed E-state index contributed by atoms with van der Waals surface area (Å²) < 4.78 is 1.92. The number of rotatable bonds is 4. The molecule has 0 aliphatic rings. The first-order valence-corrected chi connectivity index (χ1v) is 7.49. The first kappa shape index (κ1) is 15.9. The zero-order chi connectivity index (χ0) is 17.3. The second-order valence-electron chi connectivity index (χ2n) is 5.23. The molecule has 122 valence electrons. The molecule has 8 heteroatoms. The Morgan fingerprint density at radius 2 is 2.17 bits per heavy atom. The molecule has 3 aromatic rings. The number of imidazole rings is 1. The standard InChI is InChI=1S/C16H13ClN4O3/c1-10-3-2-4-15-19-11(9-20(10)15)8-18-16(22)13-7-12(21(23)24)5-6-14(13)17/h2-7,9H,8H2,1H3,(H,18,22). The van der Waals surface area contributed by atoms with Crippen molar-refractivity contribution in [2.24, 2.45) is 0 Å². The van der Waals surface area contributed by atoms with Crippen LogP contribution in [0.2, 0.25) is 5.02 Å². The zero-order valence-corrected chi connectivity index (χ0v) is 13.4. The Bertz CT molecular complexity index is 952. The molecule has 0 bridgehead atoms. The molecule has 0 atom stereocenters. The number of aromatic nitrogens is 2. The van der Waals surface area contributed by atoms with Crippen LogP contribution in [0, 0.1) is 17.0 Å². The number of fused-ring (bicyclic) bond motifs is 1. The molecule has 0 radical (unpaired) electrons. The third kappa shape index (κ3) is 3.07. The summed E-state index contributed by atoms with van der Waals surface area (Å²) in [6.07, 6.45) is 1.83. The molecule has 24 heavy (non-hydrogen) atoms. The van der Waals surface area contributed by atoms with E-state index in [2.05, 4.69) is 10.3 Å². The molecule has 1 amide bonds. The number of halogens is 1. The van der Waals surface area contributed by atoms with Gasteiger partial charge in [-0.25, -0.2) is 4.98 Å². The molecule has 0 fully saturated rings. The van der Waals surface area contributed by atoms with Crippen molar-refractivity contribution in [1.29, 1.82) is 0 Å². The lowest BCUT2D eigenvalue weighted by atomic mass is 10.2. The number of carbonyl (C=O) groups is 1. The van der Waals surface area contributed by atoms with Crippen molar-refractivity contribution in [3.63, 3.8) is 0 Å². The van der Waals surface area contributed by atoms with Gasteiger partial charge in [-0.3, -0.25) is 14.9 Å². The number of benzene rings is 1. The van der Waals surface area contributed by atoms with Gasteiger partial charge in [-0.15, -0.1) is 0 Å². The van der Waals surface area contributed by atoms with E-state index in [0.29, 0.717) is 5.69 Å². The number of nitrogens with zero attached hydrogens (tertiary/aromatic N) is 3. The lowest BCUT2D eigenvalue weighted by Gasteiger charge is -2.05. The van der Waals surface area contributed by atoms with Gasteiger partial charge in [-0.2, -0.15) is 0 Å². The van der Waals surface area contributed by atoms with Crippen LogP contribution in [-0.2, 0) is 6.54 Å². The largest absolute Gasteiger partial charge is 0.346 e. The van der Waals surface area contributed by atoms with Gasteiger partial charge in [0, 0.05) is 24.0 Å². The van der Waals surface area contributed by atoms with E-state index < -0.39 is 10.8 Å². The van der Waals surface area contributed by atoms with Crippen molar-refractivity contribution in [2.75, 3.05) is 0 Å². The molecule has 0 spiro atoms. The van der Waals surface area contributed by atoms with Gasteiger partial charge in [-0.05, 0) is 25.1 Å². The molecule has 0 saturated heterocycles. The lowest BCUT2D eigenvalue weighted by molar-refractivity contribution is -0.384. The summed E-state index contributed by atoms with van der Waals surface area (Å²) in [7, 11) is 0. The van der Waals surface area contributed by atoms with E-state index in [9.17, 15) is 14.9 Å². The number of non-ortho nitro benzene ring substituents is 1. The van der Waals surface area contributed by atoms with Crippen LogP contribution in [0.5, 0.6) is 0 Å². The fourth-order valence-corrected chi connectivity index (χ4v) is 2.55. The van der Waals surface area contributed by atoms with Crippen molar-refractivity contribution in [3.8, 4) is 0 Å². The second kappa shape index (κ2) is 6.29. The SMILES string of the molecule is Cc1cccc2nc(CNC(=O)c3cc([N+](=O)[O-])ccc3Cl)cn12. The van der Waals surface area contributed by atoms with E-state index >= 15 is 0 Å². The Labute approximate surface area is 142 Å². The van der Waals surface area contributed by atoms with Crippen molar-refractivity contribution in [3.05, 3.63) is 74.7 Å². The van der Waals surface area contributed by atoms with Gasteiger partial charge >= 0.3 is 0 Å². The first-order chi connectivity index (χ1) is 11.5. The number of nitro benzene ring substituents is 1. The molecule has 0 aliphatic carbocycles. The number of hydrogen-bond donors (Lipinski definition) is 1. The first-order valence-electron chi connectivity index (χ1n) is 7.11. The summed E-state index contributed by atoms with van der Waals surface area (Å²) in [6.45, 7) is 2.15. The van der Waals surface area contributed by atoms with E-state index in [1.807, 2.05) is 35.7 Å². The molecule has 1 N–H and O–H groups in total. The third-order valence-corrected chi connectivity index (χ3v) is 3.91. The maximum atomic E-state index is 12.2.